The predicted octanol–water partition coefficient (Wildman–Crippen LogP) is 7.98. The molecule has 0 saturated carbocycles. The molecule has 0 aliphatic heterocycles. The fourth-order valence-electron chi connectivity index (χ4n) is 2.97. The molecular formula is C26H31I3N2O6. The summed E-state index contributed by atoms with van der Waals surface area (Å²) in [7, 11) is 0. The van der Waals surface area contributed by atoms with Crippen LogP contribution in [0.15, 0.2) is 30.3 Å². The number of esters is 1. The number of carbonyl (C=O) groups excluding carboxylic acids is 3. The van der Waals surface area contributed by atoms with Gasteiger partial charge in [-0.05, 0) is 152 Å². The fraction of sp³-hybridized carbons (Fsp3) is 0.423. The summed E-state index contributed by atoms with van der Waals surface area (Å²) in [6, 6.07) is 8.45. The largest absolute Gasteiger partial charge is 0.444 e. The van der Waals surface area contributed by atoms with Crippen molar-refractivity contribution in [3.8, 4) is 5.75 Å². The molecule has 0 aromatic heterocycles. The molecule has 2 aromatic rings. The summed E-state index contributed by atoms with van der Waals surface area (Å²) < 4.78 is 18.9. The number of anilines is 2. The Kier molecular flexibility index (Phi) is 11.3. The topological polar surface area (TPSA) is 103 Å². The van der Waals surface area contributed by atoms with Crippen LogP contribution in [0, 0.1) is 16.6 Å². The van der Waals surface area contributed by atoms with Crippen LogP contribution in [0.4, 0.5) is 21.0 Å². The van der Waals surface area contributed by atoms with Crippen LogP contribution in [0.1, 0.15) is 54.0 Å². The highest BCUT2D eigenvalue weighted by Gasteiger charge is 2.24. The number of ether oxygens (including phenoxy) is 3. The average Bonchev–Trinajstić information content (AvgIpc) is 2.72. The van der Waals surface area contributed by atoms with Gasteiger partial charge in [0.15, 0.2) is 0 Å². The Morgan fingerprint density at radius 2 is 1.35 bits per heavy atom. The highest BCUT2D eigenvalue weighted by atomic mass is 127. The van der Waals surface area contributed by atoms with Gasteiger partial charge in [-0.3, -0.25) is 15.4 Å². The molecule has 2 N–H and O–H groups in total. The number of rotatable bonds is 6. The minimum atomic E-state index is -0.616. The molecule has 0 spiro atoms. The summed E-state index contributed by atoms with van der Waals surface area (Å²) in [6.07, 6.45) is -0.672. The zero-order valence-corrected chi connectivity index (χ0v) is 28.2. The van der Waals surface area contributed by atoms with Crippen molar-refractivity contribution in [3.05, 3.63) is 46.6 Å². The second-order valence-corrected chi connectivity index (χ2v) is 13.7. The number of carbonyl (C=O) groups is 3. The second-order valence-electron chi connectivity index (χ2n) is 10.3. The van der Waals surface area contributed by atoms with E-state index in [9.17, 15) is 14.4 Å². The van der Waals surface area contributed by atoms with Crippen LogP contribution in [0.3, 0.4) is 0 Å². The lowest BCUT2D eigenvalue weighted by Gasteiger charge is -2.22. The normalized spacial score (nSPS) is 12.4. The third-order valence-corrected chi connectivity index (χ3v) is 7.53. The molecular weight excluding hydrogens is 817 g/mol. The Morgan fingerprint density at radius 3 is 1.86 bits per heavy atom. The molecule has 11 heteroatoms. The van der Waals surface area contributed by atoms with Crippen molar-refractivity contribution in [2.45, 2.75) is 66.1 Å². The Labute approximate surface area is 258 Å². The van der Waals surface area contributed by atoms with Crippen molar-refractivity contribution in [1.82, 2.24) is 0 Å². The van der Waals surface area contributed by atoms with E-state index >= 15 is 0 Å². The minimum absolute atomic E-state index is 0.367. The molecule has 2 amide bonds. The molecule has 37 heavy (non-hydrogen) atoms. The Balaban J connectivity index is 2.08. The first kappa shape index (κ1) is 31.9. The first-order valence-electron chi connectivity index (χ1n) is 11.4. The average molecular weight is 848 g/mol. The number of benzene rings is 2. The van der Waals surface area contributed by atoms with Crippen molar-refractivity contribution in [2.24, 2.45) is 5.92 Å². The standard InChI is InChI=1S/C26H31I3N2O6/c1-14(22(32)35-16-10-8-15(9-11-16)30-23(33)36-25(2,3)4)12-17-18(27)13-19(28)21(20(17)29)31-24(34)37-26(5,6)7/h8-11,13-14H,12H2,1-7H3,(H,30,33)(H,31,34). The zero-order valence-electron chi connectivity index (χ0n) is 21.8. The Bertz CT molecular complexity index is 1150. The van der Waals surface area contributed by atoms with E-state index in [1.807, 2.05) is 6.07 Å². The van der Waals surface area contributed by atoms with Crippen LogP contribution in [0.2, 0.25) is 0 Å². The smallest absolute Gasteiger partial charge is 0.412 e. The molecule has 2 aromatic carbocycles. The van der Waals surface area contributed by atoms with Gasteiger partial charge in [-0.1, -0.05) is 6.92 Å². The predicted molar refractivity (Wildman–Crippen MR) is 169 cm³/mol. The van der Waals surface area contributed by atoms with E-state index in [2.05, 4.69) is 78.4 Å². The van der Waals surface area contributed by atoms with Gasteiger partial charge >= 0.3 is 18.2 Å². The molecule has 202 valence electrons. The Hall–Kier alpha value is -1.36. The quantitative estimate of drug-likeness (QED) is 0.174. The lowest BCUT2D eigenvalue weighted by atomic mass is 10.0. The first-order valence-corrected chi connectivity index (χ1v) is 14.7. The number of nitrogens with one attached hydrogen (secondary N) is 2. The van der Waals surface area contributed by atoms with Crippen molar-refractivity contribution >= 4 is 97.3 Å². The van der Waals surface area contributed by atoms with Gasteiger partial charge in [0.05, 0.1) is 11.6 Å². The van der Waals surface area contributed by atoms with Gasteiger partial charge in [-0.25, -0.2) is 9.59 Å². The third-order valence-electron chi connectivity index (χ3n) is 4.52. The summed E-state index contributed by atoms with van der Waals surface area (Å²) in [4.78, 5) is 37.1. The van der Waals surface area contributed by atoms with Gasteiger partial charge in [-0.2, -0.15) is 0 Å². The highest BCUT2D eigenvalue weighted by molar-refractivity contribution is 14.1. The zero-order chi connectivity index (χ0) is 28.1. The Morgan fingerprint density at radius 1 is 0.838 bits per heavy atom. The first-order chi connectivity index (χ1) is 16.9. The SMILES string of the molecule is CC(Cc1c(I)cc(I)c(NC(=O)OC(C)(C)C)c1I)C(=O)Oc1ccc(NC(=O)OC(C)(C)C)cc1. The van der Waals surface area contributed by atoms with E-state index in [4.69, 9.17) is 14.2 Å². The van der Waals surface area contributed by atoms with Gasteiger partial charge in [0.1, 0.15) is 17.0 Å². The maximum absolute atomic E-state index is 12.8. The number of halogens is 3. The molecule has 0 radical (unpaired) electrons. The summed E-state index contributed by atoms with van der Waals surface area (Å²) in [5.41, 5.74) is 0.896. The van der Waals surface area contributed by atoms with Gasteiger partial charge in [0.2, 0.25) is 0 Å². The molecule has 0 heterocycles. The van der Waals surface area contributed by atoms with Crippen molar-refractivity contribution < 1.29 is 28.6 Å². The maximum Gasteiger partial charge on any atom is 0.412 e. The molecule has 0 bridgehead atoms. The van der Waals surface area contributed by atoms with E-state index in [1.54, 1.807) is 72.7 Å². The number of hydrogen-bond donors (Lipinski definition) is 2. The van der Waals surface area contributed by atoms with Crippen molar-refractivity contribution in [1.29, 1.82) is 0 Å². The van der Waals surface area contributed by atoms with Crippen molar-refractivity contribution in [3.63, 3.8) is 0 Å². The third kappa shape index (κ3) is 10.7. The van der Waals surface area contributed by atoms with Crippen molar-refractivity contribution in [2.75, 3.05) is 10.6 Å². The van der Waals surface area contributed by atoms with E-state index in [0.717, 1.165) is 16.3 Å². The van der Waals surface area contributed by atoms with Crippen LogP contribution in [-0.2, 0) is 20.7 Å². The molecule has 1 atom stereocenters. The molecule has 0 saturated heterocycles. The molecule has 8 nitrogen and oxygen atoms in total. The summed E-state index contributed by atoms with van der Waals surface area (Å²) >= 11 is 6.59. The summed E-state index contributed by atoms with van der Waals surface area (Å²) in [6.45, 7) is 12.6. The minimum Gasteiger partial charge on any atom is -0.444 e. The molecule has 2 rings (SSSR count). The maximum atomic E-state index is 12.8. The molecule has 0 aliphatic carbocycles. The van der Waals surface area contributed by atoms with Gasteiger partial charge < -0.3 is 14.2 Å². The number of amides is 2. The molecule has 1 unspecified atom stereocenters. The van der Waals surface area contributed by atoms with E-state index in [-0.39, 0.29) is 5.97 Å². The highest BCUT2D eigenvalue weighted by Crippen LogP contribution is 2.34. The van der Waals surface area contributed by atoms with Gasteiger partial charge in [-0.15, -0.1) is 0 Å². The van der Waals surface area contributed by atoms with Crippen LogP contribution in [-0.4, -0.2) is 29.4 Å². The van der Waals surface area contributed by atoms with Crippen LogP contribution in [0.5, 0.6) is 5.75 Å². The molecule has 0 fully saturated rings. The fourth-order valence-corrected chi connectivity index (χ4v) is 7.05. The van der Waals surface area contributed by atoms with E-state index in [1.165, 1.54) is 0 Å². The van der Waals surface area contributed by atoms with E-state index < -0.39 is 29.3 Å². The van der Waals surface area contributed by atoms with E-state index in [0.29, 0.717) is 23.5 Å². The molecule has 0 aliphatic rings. The lowest BCUT2D eigenvalue weighted by Crippen LogP contribution is -2.28. The number of hydrogen-bond acceptors (Lipinski definition) is 6. The van der Waals surface area contributed by atoms with Crippen LogP contribution >= 0.6 is 67.8 Å². The lowest BCUT2D eigenvalue weighted by molar-refractivity contribution is -0.138. The second kappa shape index (κ2) is 13.1. The van der Waals surface area contributed by atoms with Gasteiger partial charge in [0, 0.05) is 16.4 Å². The monoisotopic (exact) mass is 848 g/mol. The van der Waals surface area contributed by atoms with Crippen LogP contribution in [0.25, 0.3) is 0 Å². The van der Waals surface area contributed by atoms with Gasteiger partial charge in [0.25, 0.3) is 0 Å². The van der Waals surface area contributed by atoms with Crippen LogP contribution < -0.4 is 15.4 Å². The summed E-state index contributed by atoms with van der Waals surface area (Å²) in [5, 5.41) is 5.48. The summed E-state index contributed by atoms with van der Waals surface area (Å²) in [5.74, 6) is -0.471.